The van der Waals surface area contributed by atoms with Crippen LogP contribution in [-0.2, 0) is 0 Å². The molecule has 16 heavy (non-hydrogen) atoms. The lowest BCUT2D eigenvalue weighted by Crippen LogP contribution is -2.61. The van der Waals surface area contributed by atoms with Crippen molar-refractivity contribution in [2.45, 2.75) is 71.4 Å². The molecule has 0 aromatic carbocycles. The molecule has 0 aliphatic heterocycles. The highest BCUT2D eigenvalue weighted by atomic mass is 16.3. The molecule has 0 aromatic heterocycles. The maximum absolute atomic E-state index is 9.72. The molecule has 0 spiro atoms. The Morgan fingerprint density at radius 1 is 1.25 bits per heavy atom. The van der Waals surface area contributed by atoms with Gasteiger partial charge in [0.25, 0.3) is 0 Å². The van der Waals surface area contributed by atoms with Gasteiger partial charge in [-0.2, -0.15) is 0 Å². The van der Waals surface area contributed by atoms with Crippen LogP contribution >= 0.6 is 0 Å². The molecule has 2 atom stereocenters. The molecule has 0 aromatic rings. The Bertz CT molecular complexity index is 243. The van der Waals surface area contributed by atoms with Gasteiger partial charge in [0, 0.05) is 18.0 Å². The number of aliphatic hydroxyl groups excluding tert-OH is 1. The van der Waals surface area contributed by atoms with Crippen LogP contribution < -0.4 is 5.32 Å². The predicted molar refractivity (Wildman–Crippen MR) is 67.4 cm³/mol. The smallest absolute Gasteiger partial charge is 0.0621 e. The standard InChI is InChI=1S/C14H27NO/c1-4-14(7-5-6-8-14)10-15-11-9-12(16)13(11,2)3/h11-12,15-16H,4-10H2,1-3H3. The van der Waals surface area contributed by atoms with Gasteiger partial charge in [0.05, 0.1) is 6.10 Å². The minimum absolute atomic E-state index is 0.0769. The van der Waals surface area contributed by atoms with Crippen molar-refractivity contribution in [3.63, 3.8) is 0 Å². The molecule has 2 N–H and O–H groups in total. The zero-order chi connectivity index (χ0) is 11.8. The lowest BCUT2D eigenvalue weighted by Gasteiger charge is -2.50. The third-order valence-corrected chi connectivity index (χ3v) is 5.35. The molecule has 2 unspecified atom stereocenters. The van der Waals surface area contributed by atoms with Crippen LogP contribution in [-0.4, -0.2) is 23.8 Å². The summed E-state index contributed by atoms with van der Waals surface area (Å²) in [6.07, 6.45) is 7.74. The Balaban J connectivity index is 1.83. The van der Waals surface area contributed by atoms with E-state index in [2.05, 4.69) is 26.1 Å². The van der Waals surface area contributed by atoms with Gasteiger partial charge >= 0.3 is 0 Å². The molecule has 2 fully saturated rings. The lowest BCUT2D eigenvalue weighted by atomic mass is 9.64. The molecule has 0 saturated heterocycles. The Morgan fingerprint density at radius 3 is 2.31 bits per heavy atom. The van der Waals surface area contributed by atoms with Crippen LogP contribution in [0.5, 0.6) is 0 Å². The average Bonchev–Trinajstić information content (AvgIpc) is 2.73. The fourth-order valence-electron chi connectivity index (χ4n) is 3.37. The van der Waals surface area contributed by atoms with Crippen molar-refractivity contribution >= 4 is 0 Å². The van der Waals surface area contributed by atoms with E-state index < -0.39 is 0 Å². The van der Waals surface area contributed by atoms with Gasteiger partial charge in [-0.3, -0.25) is 0 Å². The Morgan fingerprint density at radius 2 is 1.88 bits per heavy atom. The first kappa shape index (κ1) is 12.4. The second-order valence-corrected chi connectivity index (χ2v) is 6.57. The predicted octanol–water partition coefficient (Wildman–Crippen LogP) is 2.71. The molecule has 2 aliphatic carbocycles. The second kappa shape index (κ2) is 4.30. The first-order valence-electron chi connectivity index (χ1n) is 6.92. The summed E-state index contributed by atoms with van der Waals surface area (Å²) in [6, 6.07) is 0.520. The van der Waals surface area contributed by atoms with Crippen LogP contribution in [0.15, 0.2) is 0 Å². The van der Waals surface area contributed by atoms with Crippen LogP contribution in [0, 0.1) is 10.8 Å². The topological polar surface area (TPSA) is 32.3 Å². The molecule has 0 radical (unpaired) electrons. The van der Waals surface area contributed by atoms with Crippen molar-refractivity contribution in [1.29, 1.82) is 0 Å². The molecular formula is C14H27NO. The normalized spacial score (nSPS) is 36.0. The fraction of sp³-hybridized carbons (Fsp3) is 1.00. The molecule has 2 saturated carbocycles. The van der Waals surface area contributed by atoms with Gasteiger partial charge in [0.1, 0.15) is 0 Å². The van der Waals surface area contributed by atoms with Crippen molar-refractivity contribution in [1.82, 2.24) is 5.32 Å². The summed E-state index contributed by atoms with van der Waals surface area (Å²) in [6.45, 7) is 7.83. The fourth-order valence-corrected chi connectivity index (χ4v) is 3.37. The zero-order valence-electron chi connectivity index (χ0n) is 11.1. The van der Waals surface area contributed by atoms with E-state index in [0.717, 1.165) is 13.0 Å². The number of hydrogen-bond acceptors (Lipinski definition) is 2. The first-order valence-corrected chi connectivity index (χ1v) is 6.92. The van der Waals surface area contributed by atoms with Gasteiger partial charge in [-0.25, -0.2) is 0 Å². The summed E-state index contributed by atoms with van der Waals surface area (Å²) < 4.78 is 0. The van der Waals surface area contributed by atoms with Crippen LogP contribution in [0.25, 0.3) is 0 Å². The summed E-state index contributed by atoms with van der Waals surface area (Å²) in [5.41, 5.74) is 0.643. The number of rotatable bonds is 4. The third-order valence-electron chi connectivity index (χ3n) is 5.35. The van der Waals surface area contributed by atoms with Crippen molar-refractivity contribution in [3.8, 4) is 0 Å². The van der Waals surface area contributed by atoms with E-state index in [1.165, 1.54) is 32.1 Å². The quantitative estimate of drug-likeness (QED) is 0.771. The van der Waals surface area contributed by atoms with Gasteiger partial charge in [0.15, 0.2) is 0 Å². The molecule has 0 amide bonds. The Hall–Kier alpha value is -0.0800. The molecule has 2 heteroatoms. The monoisotopic (exact) mass is 225 g/mol. The van der Waals surface area contributed by atoms with Crippen molar-refractivity contribution in [2.75, 3.05) is 6.54 Å². The number of nitrogens with one attached hydrogen (secondary N) is 1. The lowest BCUT2D eigenvalue weighted by molar-refractivity contribution is -0.0752. The summed E-state index contributed by atoms with van der Waals surface area (Å²) in [7, 11) is 0. The molecule has 94 valence electrons. The number of hydrogen-bond donors (Lipinski definition) is 2. The molecule has 2 aliphatic rings. The van der Waals surface area contributed by atoms with E-state index in [9.17, 15) is 5.11 Å². The third kappa shape index (κ3) is 2.02. The van der Waals surface area contributed by atoms with Crippen molar-refractivity contribution in [3.05, 3.63) is 0 Å². The maximum Gasteiger partial charge on any atom is 0.0621 e. The van der Waals surface area contributed by atoms with E-state index in [-0.39, 0.29) is 11.5 Å². The van der Waals surface area contributed by atoms with Crippen LogP contribution in [0.4, 0.5) is 0 Å². The van der Waals surface area contributed by atoms with Gasteiger partial charge in [0.2, 0.25) is 0 Å². The van der Waals surface area contributed by atoms with Crippen molar-refractivity contribution in [2.24, 2.45) is 10.8 Å². The van der Waals surface area contributed by atoms with E-state index in [1.807, 2.05) is 0 Å². The largest absolute Gasteiger partial charge is 0.392 e. The van der Waals surface area contributed by atoms with E-state index >= 15 is 0 Å². The average molecular weight is 225 g/mol. The minimum Gasteiger partial charge on any atom is -0.392 e. The highest BCUT2D eigenvalue weighted by Gasteiger charge is 2.47. The SMILES string of the molecule is CCC1(CNC2CC(O)C2(C)C)CCCC1. The minimum atomic E-state index is -0.105. The second-order valence-electron chi connectivity index (χ2n) is 6.57. The maximum atomic E-state index is 9.72. The highest BCUT2D eigenvalue weighted by molar-refractivity contribution is 5.02. The van der Waals surface area contributed by atoms with Crippen LogP contribution in [0.3, 0.4) is 0 Å². The molecular weight excluding hydrogens is 198 g/mol. The summed E-state index contributed by atoms with van der Waals surface area (Å²) in [5.74, 6) is 0. The summed E-state index contributed by atoms with van der Waals surface area (Å²) in [4.78, 5) is 0. The van der Waals surface area contributed by atoms with Gasteiger partial charge in [-0.15, -0.1) is 0 Å². The highest BCUT2D eigenvalue weighted by Crippen LogP contribution is 2.43. The van der Waals surface area contributed by atoms with E-state index in [0.29, 0.717) is 11.5 Å². The molecule has 0 heterocycles. The van der Waals surface area contributed by atoms with Crippen LogP contribution in [0.2, 0.25) is 0 Å². The van der Waals surface area contributed by atoms with E-state index in [1.54, 1.807) is 0 Å². The summed E-state index contributed by atoms with van der Waals surface area (Å²) >= 11 is 0. The first-order chi connectivity index (χ1) is 7.50. The van der Waals surface area contributed by atoms with Gasteiger partial charge in [-0.05, 0) is 31.1 Å². The van der Waals surface area contributed by atoms with Crippen LogP contribution in [0.1, 0.15) is 59.3 Å². The van der Waals surface area contributed by atoms with E-state index in [4.69, 9.17) is 0 Å². The van der Waals surface area contributed by atoms with Gasteiger partial charge in [-0.1, -0.05) is 33.6 Å². The Labute approximate surface area is 99.8 Å². The van der Waals surface area contributed by atoms with Gasteiger partial charge < -0.3 is 10.4 Å². The Kier molecular flexibility index (Phi) is 3.33. The summed E-state index contributed by atoms with van der Waals surface area (Å²) in [5, 5.41) is 13.4. The van der Waals surface area contributed by atoms with Crippen molar-refractivity contribution < 1.29 is 5.11 Å². The zero-order valence-corrected chi connectivity index (χ0v) is 11.1. The number of aliphatic hydroxyl groups is 1. The molecule has 2 nitrogen and oxygen atoms in total. The molecule has 0 bridgehead atoms. The molecule has 2 rings (SSSR count).